The van der Waals surface area contributed by atoms with E-state index in [4.69, 9.17) is 9.47 Å². The standard InChI is InChI=1S/C25H29N3O5/c1-2-22-20(15-24(29)30)13-19-14-21(7-8-23(19)33-22)27-25(31)18-5-3-17(4-6-18)16-26-28-9-11-32-12-10-28/h3-8,14,16,20,22H,2,9-13,15H2,1H3,(H,27,31)(H,29,30). The molecule has 1 amide bonds. The summed E-state index contributed by atoms with van der Waals surface area (Å²) in [5.41, 5.74) is 3.03. The lowest BCUT2D eigenvalue weighted by Crippen LogP contribution is -2.34. The molecule has 0 radical (unpaired) electrons. The highest BCUT2D eigenvalue weighted by Crippen LogP contribution is 2.35. The summed E-state index contributed by atoms with van der Waals surface area (Å²) in [6, 6.07) is 12.8. The highest BCUT2D eigenvalue weighted by atomic mass is 16.5. The van der Waals surface area contributed by atoms with Crippen LogP contribution in [-0.4, -0.2) is 60.6 Å². The summed E-state index contributed by atoms with van der Waals surface area (Å²) in [4.78, 5) is 24.0. The molecule has 174 valence electrons. The number of carboxylic acid groups (broad SMARTS) is 1. The molecule has 2 aliphatic heterocycles. The van der Waals surface area contributed by atoms with E-state index in [0.29, 0.717) is 30.9 Å². The molecular weight excluding hydrogens is 422 g/mol. The van der Waals surface area contributed by atoms with E-state index in [-0.39, 0.29) is 24.3 Å². The van der Waals surface area contributed by atoms with Crippen LogP contribution < -0.4 is 10.1 Å². The molecular formula is C25H29N3O5. The molecule has 2 N–H and O–H groups in total. The van der Waals surface area contributed by atoms with E-state index in [1.807, 2.05) is 42.3 Å². The summed E-state index contributed by atoms with van der Waals surface area (Å²) >= 11 is 0. The molecule has 1 fully saturated rings. The fraction of sp³-hybridized carbons (Fsp3) is 0.400. The van der Waals surface area contributed by atoms with Gasteiger partial charge in [0.25, 0.3) is 5.91 Å². The summed E-state index contributed by atoms with van der Waals surface area (Å²) in [5, 5.41) is 18.6. The molecule has 1 saturated heterocycles. The van der Waals surface area contributed by atoms with E-state index in [1.165, 1.54) is 0 Å². The number of hydrogen-bond donors (Lipinski definition) is 2. The van der Waals surface area contributed by atoms with Crippen molar-refractivity contribution >= 4 is 23.8 Å². The first-order valence-electron chi connectivity index (χ1n) is 11.3. The summed E-state index contributed by atoms with van der Waals surface area (Å²) in [5.74, 6) is -0.367. The molecule has 2 heterocycles. The first kappa shape index (κ1) is 22.8. The number of rotatable bonds is 7. The average Bonchev–Trinajstić information content (AvgIpc) is 2.83. The van der Waals surface area contributed by atoms with E-state index in [1.54, 1.807) is 18.3 Å². The highest BCUT2D eigenvalue weighted by molar-refractivity contribution is 6.04. The SMILES string of the molecule is CCC1Oc2ccc(NC(=O)c3ccc(C=NN4CCOCC4)cc3)cc2CC1CC(=O)O. The van der Waals surface area contributed by atoms with Gasteiger partial charge in [-0.25, -0.2) is 0 Å². The van der Waals surface area contributed by atoms with E-state index in [0.717, 1.165) is 36.4 Å². The maximum Gasteiger partial charge on any atom is 0.303 e. The van der Waals surface area contributed by atoms with Gasteiger partial charge >= 0.3 is 5.97 Å². The number of morpholine rings is 1. The van der Waals surface area contributed by atoms with Crippen molar-refractivity contribution in [3.8, 4) is 5.75 Å². The number of nitrogens with zero attached hydrogens (tertiary/aromatic N) is 2. The molecule has 2 unspecified atom stereocenters. The minimum Gasteiger partial charge on any atom is -0.490 e. The van der Waals surface area contributed by atoms with Crippen molar-refractivity contribution in [1.82, 2.24) is 5.01 Å². The van der Waals surface area contributed by atoms with Crippen LogP contribution in [0.3, 0.4) is 0 Å². The first-order chi connectivity index (χ1) is 16.0. The van der Waals surface area contributed by atoms with Gasteiger partial charge < -0.3 is 19.9 Å². The number of carbonyl (C=O) groups excluding carboxylic acids is 1. The van der Waals surface area contributed by atoms with Gasteiger partial charge in [-0.05, 0) is 54.3 Å². The summed E-state index contributed by atoms with van der Waals surface area (Å²) < 4.78 is 11.3. The van der Waals surface area contributed by atoms with Crippen LogP contribution in [0.15, 0.2) is 47.6 Å². The molecule has 33 heavy (non-hydrogen) atoms. The van der Waals surface area contributed by atoms with Crippen molar-refractivity contribution in [3.05, 3.63) is 59.2 Å². The number of carboxylic acids is 1. The number of benzene rings is 2. The highest BCUT2D eigenvalue weighted by Gasteiger charge is 2.30. The van der Waals surface area contributed by atoms with Crippen LogP contribution in [0.25, 0.3) is 0 Å². The zero-order chi connectivity index (χ0) is 23.2. The Labute approximate surface area is 193 Å². The largest absolute Gasteiger partial charge is 0.490 e. The quantitative estimate of drug-likeness (QED) is 0.626. The molecule has 8 heteroatoms. The number of anilines is 1. The summed E-state index contributed by atoms with van der Waals surface area (Å²) in [6.45, 7) is 4.92. The Hall–Kier alpha value is -3.39. The Bertz CT molecular complexity index is 1020. The van der Waals surface area contributed by atoms with Crippen molar-refractivity contribution < 1.29 is 24.2 Å². The van der Waals surface area contributed by atoms with Gasteiger partial charge in [0.15, 0.2) is 0 Å². The van der Waals surface area contributed by atoms with Gasteiger partial charge in [0.1, 0.15) is 11.9 Å². The van der Waals surface area contributed by atoms with Gasteiger partial charge in [0.2, 0.25) is 0 Å². The van der Waals surface area contributed by atoms with Crippen LogP contribution in [0, 0.1) is 5.92 Å². The third-order valence-electron chi connectivity index (χ3n) is 5.97. The van der Waals surface area contributed by atoms with Crippen molar-refractivity contribution in [3.63, 3.8) is 0 Å². The van der Waals surface area contributed by atoms with Gasteiger partial charge in [0.05, 0.1) is 38.9 Å². The molecule has 2 atom stereocenters. The van der Waals surface area contributed by atoms with E-state index < -0.39 is 5.97 Å². The smallest absolute Gasteiger partial charge is 0.303 e. The molecule has 0 saturated carbocycles. The van der Waals surface area contributed by atoms with Crippen molar-refractivity contribution in [2.24, 2.45) is 11.0 Å². The van der Waals surface area contributed by atoms with Crippen LogP contribution in [-0.2, 0) is 16.0 Å². The van der Waals surface area contributed by atoms with Gasteiger partial charge in [-0.2, -0.15) is 5.10 Å². The molecule has 2 aromatic carbocycles. The van der Waals surface area contributed by atoms with E-state index in [2.05, 4.69) is 10.4 Å². The predicted octanol–water partition coefficient (Wildman–Crippen LogP) is 3.41. The lowest BCUT2D eigenvalue weighted by molar-refractivity contribution is -0.139. The minimum absolute atomic E-state index is 0.0652. The number of nitrogens with one attached hydrogen (secondary N) is 1. The Morgan fingerprint density at radius 1 is 1.18 bits per heavy atom. The fourth-order valence-electron chi connectivity index (χ4n) is 4.19. The molecule has 2 aromatic rings. The van der Waals surface area contributed by atoms with Crippen LogP contribution in [0.4, 0.5) is 5.69 Å². The Morgan fingerprint density at radius 2 is 1.94 bits per heavy atom. The third kappa shape index (κ3) is 5.90. The molecule has 0 spiro atoms. The van der Waals surface area contributed by atoms with Crippen LogP contribution in [0.5, 0.6) is 5.75 Å². The van der Waals surface area contributed by atoms with E-state index >= 15 is 0 Å². The Morgan fingerprint density at radius 3 is 2.64 bits per heavy atom. The van der Waals surface area contributed by atoms with Crippen LogP contribution >= 0.6 is 0 Å². The van der Waals surface area contributed by atoms with Gasteiger partial charge in [-0.1, -0.05) is 19.1 Å². The lowest BCUT2D eigenvalue weighted by atomic mass is 9.87. The number of fused-ring (bicyclic) bond motifs is 1. The maximum absolute atomic E-state index is 12.7. The monoisotopic (exact) mass is 451 g/mol. The zero-order valence-electron chi connectivity index (χ0n) is 18.7. The molecule has 0 aromatic heterocycles. The molecule has 0 aliphatic carbocycles. The Balaban J connectivity index is 1.39. The summed E-state index contributed by atoms with van der Waals surface area (Å²) in [6.07, 6.45) is 3.10. The van der Waals surface area contributed by atoms with Gasteiger partial charge in [-0.3, -0.25) is 14.6 Å². The molecule has 4 rings (SSSR count). The van der Waals surface area contributed by atoms with E-state index in [9.17, 15) is 14.7 Å². The predicted molar refractivity (Wildman–Crippen MR) is 125 cm³/mol. The number of ether oxygens (including phenoxy) is 2. The average molecular weight is 452 g/mol. The van der Waals surface area contributed by atoms with Crippen molar-refractivity contribution in [2.75, 3.05) is 31.6 Å². The second-order valence-electron chi connectivity index (χ2n) is 8.34. The second kappa shape index (κ2) is 10.5. The molecule has 2 aliphatic rings. The number of amides is 1. The van der Waals surface area contributed by atoms with Crippen LogP contribution in [0.2, 0.25) is 0 Å². The number of hydrazone groups is 1. The fourth-order valence-corrected chi connectivity index (χ4v) is 4.19. The first-order valence-corrected chi connectivity index (χ1v) is 11.3. The molecule has 0 bridgehead atoms. The topological polar surface area (TPSA) is 100 Å². The normalized spacial score (nSPS) is 20.2. The second-order valence-corrected chi connectivity index (χ2v) is 8.34. The number of aliphatic carboxylic acids is 1. The maximum atomic E-state index is 12.7. The summed E-state index contributed by atoms with van der Waals surface area (Å²) in [7, 11) is 0. The minimum atomic E-state index is -0.826. The Kier molecular flexibility index (Phi) is 7.24. The van der Waals surface area contributed by atoms with Gasteiger partial charge in [0, 0.05) is 17.2 Å². The third-order valence-corrected chi connectivity index (χ3v) is 5.97. The zero-order valence-corrected chi connectivity index (χ0v) is 18.7. The van der Waals surface area contributed by atoms with Gasteiger partial charge in [-0.15, -0.1) is 0 Å². The molecule has 8 nitrogen and oxygen atoms in total. The lowest BCUT2D eigenvalue weighted by Gasteiger charge is -2.32. The van der Waals surface area contributed by atoms with Crippen molar-refractivity contribution in [1.29, 1.82) is 0 Å². The van der Waals surface area contributed by atoms with Crippen molar-refractivity contribution in [2.45, 2.75) is 32.3 Å². The van der Waals surface area contributed by atoms with Crippen LogP contribution in [0.1, 0.15) is 41.3 Å². The number of carbonyl (C=O) groups is 2. The number of hydrogen-bond acceptors (Lipinski definition) is 6.